The first kappa shape index (κ1) is 11.5. The lowest BCUT2D eigenvalue weighted by molar-refractivity contribution is 0.345. The van der Waals surface area contributed by atoms with Gasteiger partial charge in [-0.15, -0.1) is 5.10 Å². The maximum absolute atomic E-state index is 4.17. The number of tetrazole rings is 1. The van der Waals surface area contributed by atoms with Crippen LogP contribution in [0.5, 0.6) is 0 Å². The molecule has 1 aliphatic carbocycles. The van der Waals surface area contributed by atoms with Gasteiger partial charge in [0.05, 0.1) is 12.1 Å². The molecular formula is C11H21N5. The van der Waals surface area contributed by atoms with Crippen molar-refractivity contribution in [3.63, 3.8) is 0 Å². The highest BCUT2D eigenvalue weighted by atomic mass is 15.6. The monoisotopic (exact) mass is 223 g/mol. The molecule has 3 atom stereocenters. The van der Waals surface area contributed by atoms with Crippen molar-refractivity contribution in [2.24, 2.45) is 5.92 Å². The van der Waals surface area contributed by atoms with E-state index in [0.29, 0.717) is 12.0 Å². The van der Waals surface area contributed by atoms with E-state index in [4.69, 9.17) is 0 Å². The Morgan fingerprint density at radius 1 is 1.50 bits per heavy atom. The second-order valence-electron chi connectivity index (χ2n) is 4.74. The number of nitrogens with one attached hydrogen (secondary N) is 1. The smallest absolute Gasteiger partial charge is 0.168 e. The lowest BCUT2D eigenvalue weighted by Gasteiger charge is -2.19. The minimum Gasteiger partial charge on any atom is -0.308 e. The zero-order valence-corrected chi connectivity index (χ0v) is 10.3. The molecular weight excluding hydrogens is 202 g/mol. The van der Waals surface area contributed by atoms with Gasteiger partial charge in [-0.05, 0) is 42.7 Å². The van der Waals surface area contributed by atoms with Crippen LogP contribution in [0.25, 0.3) is 0 Å². The van der Waals surface area contributed by atoms with E-state index < -0.39 is 0 Å². The van der Waals surface area contributed by atoms with Crippen molar-refractivity contribution in [2.75, 3.05) is 6.54 Å². The third-order valence-electron chi connectivity index (χ3n) is 3.55. The largest absolute Gasteiger partial charge is 0.308 e. The summed E-state index contributed by atoms with van der Waals surface area (Å²) in [4.78, 5) is 0. The summed E-state index contributed by atoms with van der Waals surface area (Å²) in [6.45, 7) is 7.45. The standard InChI is InChI=1S/C11H21N5/c1-4-12-9(3)11-13-14-15-16(11)10-7-5-6-8(10)2/h8-10,12H,4-7H2,1-3H3. The van der Waals surface area contributed by atoms with Gasteiger partial charge in [0.15, 0.2) is 5.82 Å². The molecule has 0 aromatic carbocycles. The first-order chi connectivity index (χ1) is 7.74. The molecule has 3 unspecified atom stereocenters. The average molecular weight is 223 g/mol. The molecule has 1 aromatic rings. The number of hydrogen-bond acceptors (Lipinski definition) is 4. The van der Waals surface area contributed by atoms with Crippen LogP contribution < -0.4 is 5.32 Å². The van der Waals surface area contributed by atoms with Crippen molar-refractivity contribution in [3.8, 4) is 0 Å². The predicted octanol–water partition coefficient (Wildman–Crippen LogP) is 1.70. The minimum absolute atomic E-state index is 0.229. The van der Waals surface area contributed by atoms with Crippen LogP contribution in [0.3, 0.4) is 0 Å². The van der Waals surface area contributed by atoms with Crippen molar-refractivity contribution >= 4 is 0 Å². The quantitative estimate of drug-likeness (QED) is 0.844. The first-order valence-corrected chi connectivity index (χ1v) is 6.25. The zero-order valence-electron chi connectivity index (χ0n) is 10.3. The van der Waals surface area contributed by atoms with Crippen LogP contribution >= 0.6 is 0 Å². The van der Waals surface area contributed by atoms with E-state index in [-0.39, 0.29) is 6.04 Å². The van der Waals surface area contributed by atoms with Gasteiger partial charge in [0.2, 0.25) is 0 Å². The Morgan fingerprint density at radius 3 is 2.94 bits per heavy atom. The van der Waals surface area contributed by atoms with Gasteiger partial charge in [-0.3, -0.25) is 0 Å². The fraction of sp³-hybridized carbons (Fsp3) is 0.909. The molecule has 0 spiro atoms. The van der Waals surface area contributed by atoms with E-state index in [1.165, 1.54) is 19.3 Å². The van der Waals surface area contributed by atoms with Gasteiger partial charge in [-0.1, -0.05) is 20.3 Å². The molecule has 1 saturated carbocycles. The van der Waals surface area contributed by atoms with Gasteiger partial charge < -0.3 is 5.32 Å². The molecule has 1 aromatic heterocycles. The normalized spacial score (nSPS) is 27.2. The van der Waals surface area contributed by atoms with Gasteiger partial charge in [0.25, 0.3) is 0 Å². The Hall–Kier alpha value is -0.970. The summed E-state index contributed by atoms with van der Waals surface area (Å²) in [6, 6.07) is 0.721. The van der Waals surface area contributed by atoms with Crippen molar-refractivity contribution < 1.29 is 0 Å². The molecule has 0 radical (unpaired) electrons. The van der Waals surface area contributed by atoms with Gasteiger partial charge in [-0.2, -0.15) is 0 Å². The molecule has 16 heavy (non-hydrogen) atoms. The van der Waals surface area contributed by atoms with Crippen LogP contribution in [0.15, 0.2) is 0 Å². The third-order valence-corrected chi connectivity index (χ3v) is 3.55. The summed E-state index contributed by atoms with van der Waals surface area (Å²) in [7, 11) is 0. The van der Waals surface area contributed by atoms with Gasteiger partial charge in [-0.25, -0.2) is 4.68 Å². The summed E-state index contributed by atoms with van der Waals surface area (Å²) >= 11 is 0. The number of aromatic nitrogens is 4. The number of rotatable bonds is 4. The Balaban J connectivity index is 2.18. The van der Waals surface area contributed by atoms with Crippen LogP contribution in [0.2, 0.25) is 0 Å². The second-order valence-corrected chi connectivity index (χ2v) is 4.74. The van der Waals surface area contributed by atoms with Crippen LogP contribution in [0.1, 0.15) is 57.9 Å². The van der Waals surface area contributed by atoms with Crippen molar-refractivity contribution in [1.29, 1.82) is 0 Å². The first-order valence-electron chi connectivity index (χ1n) is 6.25. The summed E-state index contributed by atoms with van der Waals surface area (Å²) < 4.78 is 2.03. The van der Waals surface area contributed by atoms with Crippen LogP contribution in [-0.4, -0.2) is 26.8 Å². The van der Waals surface area contributed by atoms with Crippen LogP contribution in [0.4, 0.5) is 0 Å². The Bertz CT molecular complexity index is 335. The van der Waals surface area contributed by atoms with E-state index in [1.807, 2.05) is 4.68 Å². The van der Waals surface area contributed by atoms with Crippen LogP contribution in [-0.2, 0) is 0 Å². The van der Waals surface area contributed by atoms with Gasteiger partial charge in [0.1, 0.15) is 0 Å². The highest BCUT2D eigenvalue weighted by molar-refractivity contribution is 4.94. The number of hydrogen-bond donors (Lipinski definition) is 1. The molecule has 1 heterocycles. The molecule has 0 saturated heterocycles. The zero-order chi connectivity index (χ0) is 11.5. The van der Waals surface area contributed by atoms with Crippen LogP contribution in [0, 0.1) is 5.92 Å². The highest BCUT2D eigenvalue weighted by Gasteiger charge is 2.29. The Labute approximate surface area is 96.6 Å². The molecule has 5 nitrogen and oxygen atoms in total. The SMILES string of the molecule is CCNC(C)c1nnnn1C1CCCC1C. The van der Waals surface area contributed by atoms with E-state index in [9.17, 15) is 0 Å². The van der Waals surface area contributed by atoms with E-state index >= 15 is 0 Å². The Kier molecular flexibility index (Phi) is 3.53. The van der Waals surface area contributed by atoms with E-state index in [2.05, 4.69) is 41.6 Å². The molecule has 1 N–H and O–H groups in total. The molecule has 0 bridgehead atoms. The summed E-state index contributed by atoms with van der Waals surface area (Å²) in [5, 5.41) is 15.5. The number of nitrogens with zero attached hydrogens (tertiary/aromatic N) is 4. The third kappa shape index (κ3) is 2.09. The fourth-order valence-electron chi connectivity index (χ4n) is 2.61. The molecule has 5 heteroatoms. The second kappa shape index (κ2) is 4.91. The summed E-state index contributed by atoms with van der Waals surface area (Å²) in [5.74, 6) is 1.66. The molecule has 1 aliphatic rings. The summed E-state index contributed by atoms with van der Waals surface area (Å²) in [6.07, 6.45) is 3.79. The highest BCUT2D eigenvalue weighted by Crippen LogP contribution is 2.35. The minimum atomic E-state index is 0.229. The lowest BCUT2D eigenvalue weighted by atomic mass is 10.1. The van der Waals surface area contributed by atoms with E-state index in [0.717, 1.165) is 12.4 Å². The van der Waals surface area contributed by atoms with Gasteiger partial charge >= 0.3 is 0 Å². The van der Waals surface area contributed by atoms with Crippen molar-refractivity contribution in [1.82, 2.24) is 25.5 Å². The Morgan fingerprint density at radius 2 is 2.31 bits per heavy atom. The maximum atomic E-state index is 4.17. The van der Waals surface area contributed by atoms with Crippen molar-refractivity contribution in [2.45, 2.75) is 52.1 Å². The molecule has 0 amide bonds. The summed E-state index contributed by atoms with van der Waals surface area (Å²) in [5.41, 5.74) is 0. The lowest BCUT2D eigenvalue weighted by Crippen LogP contribution is -2.25. The van der Waals surface area contributed by atoms with E-state index in [1.54, 1.807) is 0 Å². The fourth-order valence-corrected chi connectivity index (χ4v) is 2.61. The molecule has 90 valence electrons. The molecule has 1 fully saturated rings. The predicted molar refractivity (Wildman–Crippen MR) is 62.0 cm³/mol. The van der Waals surface area contributed by atoms with Crippen molar-refractivity contribution in [3.05, 3.63) is 5.82 Å². The molecule has 2 rings (SSSR count). The molecule has 0 aliphatic heterocycles. The van der Waals surface area contributed by atoms with Gasteiger partial charge in [0, 0.05) is 0 Å². The average Bonchev–Trinajstić information content (AvgIpc) is 2.85. The topological polar surface area (TPSA) is 55.6 Å². The maximum Gasteiger partial charge on any atom is 0.168 e.